The largest absolute Gasteiger partial charge is 0.462 e. The van der Waals surface area contributed by atoms with E-state index in [-0.39, 0.29) is 24.3 Å². The SMILES string of the molecule is CNc1nc(N)nc2c1ncn2[C@@H]1OC(COP(=S)(N[C@H](C)C(=O)OC(C)C)Oc2cccc3ccccc23)[C@@H](O)[C@@]1(C)F. The minimum Gasteiger partial charge on any atom is -0.462 e. The molecule has 5 N–H and O–H groups in total. The molecule has 44 heavy (non-hydrogen) atoms. The number of carbonyl (C=O) groups excluding carboxylic acids is 1. The number of aromatic nitrogens is 4. The molecule has 0 aliphatic carbocycles. The number of ether oxygens (including phenoxy) is 2. The number of nitrogens with zero attached hydrogens (tertiary/aromatic N) is 4. The Morgan fingerprint density at radius 2 is 1.98 bits per heavy atom. The van der Waals surface area contributed by atoms with Crippen molar-refractivity contribution < 1.29 is 32.8 Å². The Balaban J connectivity index is 1.42. The van der Waals surface area contributed by atoms with E-state index in [4.69, 9.17) is 36.1 Å². The Morgan fingerprint density at radius 1 is 1.25 bits per heavy atom. The molecule has 0 bridgehead atoms. The van der Waals surface area contributed by atoms with Crippen LogP contribution in [-0.4, -0.2) is 74.3 Å². The molecule has 1 aliphatic heterocycles. The summed E-state index contributed by atoms with van der Waals surface area (Å²) in [7, 11) is 1.64. The molecule has 0 radical (unpaired) electrons. The molecule has 1 saturated heterocycles. The van der Waals surface area contributed by atoms with Crippen LogP contribution in [0.1, 0.15) is 33.9 Å². The van der Waals surface area contributed by atoms with Gasteiger partial charge in [0.25, 0.3) is 0 Å². The number of esters is 1. The predicted molar refractivity (Wildman–Crippen MR) is 167 cm³/mol. The second-order valence-corrected chi connectivity index (χ2v) is 14.0. The van der Waals surface area contributed by atoms with Gasteiger partial charge in [-0.25, -0.2) is 14.5 Å². The van der Waals surface area contributed by atoms with Crippen LogP contribution in [-0.2, 0) is 30.6 Å². The summed E-state index contributed by atoms with van der Waals surface area (Å²) in [5, 5.41) is 18.6. The number of nitrogens with one attached hydrogen (secondary N) is 2. The average Bonchev–Trinajstić information content (AvgIpc) is 3.48. The van der Waals surface area contributed by atoms with Gasteiger partial charge in [-0.2, -0.15) is 9.97 Å². The van der Waals surface area contributed by atoms with Gasteiger partial charge in [0.15, 0.2) is 28.9 Å². The lowest BCUT2D eigenvalue weighted by molar-refractivity contribution is -0.149. The molecular weight excluding hydrogens is 612 g/mol. The van der Waals surface area contributed by atoms with Crippen molar-refractivity contribution in [1.82, 2.24) is 24.6 Å². The number of aliphatic hydroxyl groups excluding tert-OH is 1. The summed E-state index contributed by atoms with van der Waals surface area (Å²) in [5.41, 5.74) is 4.12. The van der Waals surface area contributed by atoms with Gasteiger partial charge in [-0.05, 0) is 51.0 Å². The molecule has 4 aromatic rings. The number of hydrogen-bond donors (Lipinski definition) is 4. The topological polar surface area (TPSA) is 168 Å². The number of imidazole rings is 1. The van der Waals surface area contributed by atoms with Gasteiger partial charge in [0.2, 0.25) is 5.95 Å². The number of anilines is 2. The van der Waals surface area contributed by atoms with E-state index in [1.54, 1.807) is 33.9 Å². The molecule has 6 atom stereocenters. The number of carbonyl (C=O) groups is 1. The second-order valence-electron chi connectivity index (χ2n) is 10.8. The monoisotopic (exact) mass is 647 g/mol. The number of benzene rings is 2. The van der Waals surface area contributed by atoms with E-state index in [9.17, 15) is 9.90 Å². The fraction of sp³-hybridized carbons (Fsp3) is 0.429. The maximum absolute atomic E-state index is 16.2. The lowest BCUT2D eigenvalue weighted by Gasteiger charge is -2.28. The first-order chi connectivity index (χ1) is 20.8. The van der Waals surface area contributed by atoms with Crippen molar-refractivity contribution in [1.29, 1.82) is 0 Å². The summed E-state index contributed by atoms with van der Waals surface area (Å²) in [6.45, 7) is 2.33. The van der Waals surface area contributed by atoms with Gasteiger partial charge >= 0.3 is 12.6 Å². The van der Waals surface area contributed by atoms with Gasteiger partial charge < -0.3 is 34.7 Å². The number of alkyl halides is 1. The molecular formula is C28H35FN7O6PS. The van der Waals surface area contributed by atoms with Crippen LogP contribution >= 0.6 is 6.64 Å². The third-order valence-electron chi connectivity index (χ3n) is 7.08. The van der Waals surface area contributed by atoms with Gasteiger partial charge in [-0.1, -0.05) is 36.4 Å². The summed E-state index contributed by atoms with van der Waals surface area (Å²) in [6.07, 6.45) is -3.18. The molecule has 5 rings (SSSR count). The van der Waals surface area contributed by atoms with E-state index in [1.165, 1.54) is 17.8 Å². The maximum Gasteiger partial charge on any atom is 0.323 e. The summed E-state index contributed by atoms with van der Waals surface area (Å²) >= 11 is 5.86. The van der Waals surface area contributed by atoms with Crippen LogP contribution in [0.25, 0.3) is 21.9 Å². The first kappa shape index (κ1) is 31.9. The Morgan fingerprint density at radius 3 is 2.70 bits per heavy atom. The Labute approximate surface area is 258 Å². The highest BCUT2D eigenvalue weighted by atomic mass is 32.5. The molecule has 2 aromatic carbocycles. The van der Waals surface area contributed by atoms with Crippen LogP contribution in [0, 0.1) is 0 Å². The number of fused-ring (bicyclic) bond motifs is 2. The van der Waals surface area contributed by atoms with E-state index in [2.05, 4.69) is 25.4 Å². The smallest absolute Gasteiger partial charge is 0.323 e. The Kier molecular flexibility index (Phi) is 9.08. The summed E-state index contributed by atoms with van der Waals surface area (Å²) < 4.78 is 41.3. The number of rotatable bonds is 11. The van der Waals surface area contributed by atoms with Gasteiger partial charge in [0, 0.05) is 12.4 Å². The Hall–Kier alpha value is -3.46. The number of aliphatic hydroxyl groups is 1. The average molecular weight is 648 g/mol. The number of halogens is 1. The van der Waals surface area contributed by atoms with E-state index >= 15 is 4.39 Å². The van der Waals surface area contributed by atoms with Crippen LogP contribution < -0.4 is 20.7 Å². The first-order valence-corrected chi connectivity index (χ1v) is 16.6. The van der Waals surface area contributed by atoms with Crippen molar-refractivity contribution in [2.45, 2.75) is 63.9 Å². The molecule has 1 fully saturated rings. The summed E-state index contributed by atoms with van der Waals surface area (Å²) in [5.74, 6) is 0.173. The van der Waals surface area contributed by atoms with Crippen molar-refractivity contribution in [3.05, 3.63) is 48.8 Å². The molecule has 0 spiro atoms. The molecule has 236 valence electrons. The first-order valence-electron chi connectivity index (χ1n) is 13.9. The van der Waals surface area contributed by atoms with Crippen molar-refractivity contribution in [2.24, 2.45) is 0 Å². The summed E-state index contributed by atoms with van der Waals surface area (Å²) in [6, 6.07) is 12.1. The van der Waals surface area contributed by atoms with E-state index in [0.717, 1.165) is 10.8 Å². The highest BCUT2D eigenvalue weighted by molar-refractivity contribution is 8.09. The van der Waals surface area contributed by atoms with Crippen molar-refractivity contribution in [3.63, 3.8) is 0 Å². The van der Waals surface area contributed by atoms with E-state index in [0.29, 0.717) is 17.1 Å². The second kappa shape index (κ2) is 12.5. The highest BCUT2D eigenvalue weighted by Crippen LogP contribution is 2.49. The third kappa shape index (κ3) is 6.34. The fourth-order valence-electron chi connectivity index (χ4n) is 4.92. The quantitative estimate of drug-likeness (QED) is 0.137. The normalized spacial score (nSPS) is 24.0. The molecule has 16 heteroatoms. The van der Waals surface area contributed by atoms with E-state index < -0.39 is 42.8 Å². The van der Waals surface area contributed by atoms with Gasteiger partial charge in [-0.15, -0.1) is 0 Å². The fourth-order valence-corrected chi connectivity index (χ4v) is 7.34. The van der Waals surface area contributed by atoms with Crippen molar-refractivity contribution in [3.8, 4) is 5.75 Å². The Bertz CT molecular complexity index is 1720. The molecule has 2 aromatic heterocycles. The van der Waals surface area contributed by atoms with Crippen LogP contribution in [0.4, 0.5) is 16.2 Å². The zero-order chi connectivity index (χ0) is 31.8. The minimum absolute atomic E-state index is 0.0509. The zero-order valence-corrected chi connectivity index (χ0v) is 26.5. The van der Waals surface area contributed by atoms with Crippen LogP contribution in [0.5, 0.6) is 5.75 Å². The molecule has 1 aliphatic rings. The van der Waals surface area contributed by atoms with Crippen LogP contribution in [0.3, 0.4) is 0 Å². The molecule has 13 nitrogen and oxygen atoms in total. The standard InChI is InChI=1S/C28H35FN7O6PS/c1-15(2)40-25(38)16(3)35-43(44,42-19-12-8-10-17-9-6-7-11-18(17)19)39-13-20-22(37)28(4,29)26(41-20)36-14-32-21-23(31-5)33-27(30)34-24(21)36/h6-12,14-16,20,22,26,37H,13H2,1-5H3,(H,35,44)(H3,30,31,33,34)/t16-,20?,22-,26-,28-,43?/m1/s1. The zero-order valence-electron chi connectivity index (χ0n) is 24.8. The van der Waals surface area contributed by atoms with Crippen LogP contribution in [0.2, 0.25) is 0 Å². The molecule has 3 heterocycles. The van der Waals surface area contributed by atoms with Crippen LogP contribution in [0.15, 0.2) is 48.8 Å². The minimum atomic E-state index is -3.55. The van der Waals surface area contributed by atoms with Gasteiger partial charge in [0.1, 0.15) is 24.0 Å². The number of hydrogen-bond acceptors (Lipinski definition) is 12. The van der Waals surface area contributed by atoms with Gasteiger partial charge in [-0.3, -0.25) is 9.36 Å². The molecule has 2 unspecified atom stereocenters. The molecule has 0 amide bonds. The highest BCUT2D eigenvalue weighted by Gasteiger charge is 2.56. The number of nitrogen functional groups attached to an aromatic ring is 1. The predicted octanol–water partition coefficient (Wildman–Crippen LogP) is 3.84. The third-order valence-corrected chi connectivity index (χ3v) is 9.56. The lowest BCUT2D eigenvalue weighted by atomic mass is 9.98. The van der Waals surface area contributed by atoms with Crippen molar-refractivity contribution >= 4 is 58.1 Å². The maximum atomic E-state index is 16.2. The molecule has 0 saturated carbocycles. The summed E-state index contributed by atoms with van der Waals surface area (Å²) in [4.78, 5) is 25.3. The van der Waals surface area contributed by atoms with Gasteiger partial charge in [0.05, 0.1) is 19.0 Å². The lowest BCUT2D eigenvalue weighted by Crippen LogP contribution is -2.41. The van der Waals surface area contributed by atoms with Crippen molar-refractivity contribution in [2.75, 3.05) is 24.7 Å². The van der Waals surface area contributed by atoms with E-state index in [1.807, 2.05) is 36.4 Å². The number of nitrogens with two attached hydrogens (primary N) is 1.